The van der Waals surface area contributed by atoms with E-state index in [2.05, 4.69) is 6.92 Å². The van der Waals surface area contributed by atoms with Crippen LogP contribution >= 0.6 is 0 Å². The van der Waals surface area contributed by atoms with E-state index in [9.17, 15) is 4.79 Å². The average Bonchev–Trinajstić information content (AvgIpc) is 2.74. The SMILES string of the molecule is CCOC(=O)C1OC1(CC)C1CCCC1. The number of carbonyl (C=O) groups is 1. The first-order valence-electron chi connectivity index (χ1n) is 6.09. The summed E-state index contributed by atoms with van der Waals surface area (Å²) in [4.78, 5) is 11.6. The van der Waals surface area contributed by atoms with Crippen LogP contribution in [0.3, 0.4) is 0 Å². The third-order valence-corrected chi connectivity index (χ3v) is 3.82. The molecular formula is C12H20O3. The highest BCUT2D eigenvalue weighted by atomic mass is 16.7. The van der Waals surface area contributed by atoms with Crippen molar-refractivity contribution in [1.82, 2.24) is 0 Å². The summed E-state index contributed by atoms with van der Waals surface area (Å²) >= 11 is 0. The lowest BCUT2D eigenvalue weighted by Crippen LogP contribution is -2.28. The molecule has 15 heavy (non-hydrogen) atoms. The molecule has 86 valence electrons. The zero-order chi connectivity index (χ0) is 10.9. The van der Waals surface area contributed by atoms with Crippen LogP contribution in [0.1, 0.15) is 46.0 Å². The molecule has 3 heteroatoms. The Kier molecular flexibility index (Phi) is 3.01. The van der Waals surface area contributed by atoms with Crippen LogP contribution in [0.2, 0.25) is 0 Å². The summed E-state index contributed by atoms with van der Waals surface area (Å²) in [5.74, 6) is 0.420. The van der Waals surface area contributed by atoms with Crippen LogP contribution in [0.25, 0.3) is 0 Å². The Bertz CT molecular complexity index is 245. The highest BCUT2D eigenvalue weighted by Gasteiger charge is 2.64. The molecule has 2 rings (SSSR count). The van der Waals surface area contributed by atoms with Crippen molar-refractivity contribution in [2.75, 3.05) is 6.61 Å². The van der Waals surface area contributed by atoms with Crippen molar-refractivity contribution in [3.05, 3.63) is 0 Å². The first-order valence-corrected chi connectivity index (χ1v) is 6.09. The molecule has 0 N–H and O–H groups in total. The summed E-state index contributed by atoms with van der Waals surface area (Å²) in [6.45, 7) is 4.39. The van der Waals surface area contributed by atoms with Crippen LogP contribution < -0.4 is 0 Å². The van der Waals surface area contributed by atoms with Gasteiger partial charge in [0.15, 0.2) is 6.10 Å². The molecule has 0 radical (unpaired) electrons. The van der Waals surface area contributed by atoms with Gasteiger partial charge in [0.2, 0.25) is 0 Å². The second-order valence-corrected chi connectivity index (χ2v) is 4.54. The van der Waals surface area contributed by atoms with Crippen molar-refractivity contribution in [2.24, 2.45) is 5.92 Å². The molecule has 1 aliphatic heterocycles. The Balaban J connectivity index is 1.98. The number of epoxide rings is 1. The predicted molar refractivity (Wildman–Crippen MR) is 56.5 cm³/mol. The Morgan fingerprint density at radius 1 is 1.40 bits per heavy atom. The fraction of sp³-hybridized carbons (Fsp3) is 0.917. The Morgan fingerprint density at radius 2 is 2.07 bits per heavy atom. The summed E-state index contributed by atoms with van der Waals surface area (Å²) in [6, 6.07) is 0. The quantitative estimate of drug-likeness (QED) is 0.530. The second kappa shape index (κ2) is 4.12. The van der Waals surface area contributed by atoms with Crippen molar-refractivity contribution in [3.63, 3.8) is 0 Å². The van der Waals surface area contributed by atoms with Gasteiger partial charge in [-0.1, -0.05) is 19.8 Å². The largest absolute Gasteiger partial charge is 0.464 e. The molecule has 0 spiro atoms. The van der Waals surface area contributed by atoms with Gasteiger partial charge in [-0.3, -0.25) is 0 Å². The maximum Gasteiger partial charge on any atom is 0.338 e. The topological polar surface area (TPSA) is 38.8 Å². The predicted octanol–water partition coefficient (Wildman–Crippen LogP) is 2.29. The van der Waals surface area contributed by atoms with E-state index >= 15 is 0 Å². The molecule has 3 nitrogen and oxygen atoms in total. The summed E-state index contributed by atoms with van der Waals surface area (Å²) < 4.78 is 10.7. The maximum atomic E-state index is 11.6. The van der Waals surface area contributed by atoms with Crippen LogP contribution in [0, 0.1) is 5.92 Å². The van der Waals surface area contributed by atoms with Gasteiger partial charge in [0, 0.05) is 0 Å². The molecular weight excluding hydrogens is 192 g/mol. The Hall–Kier alpha value is -0.570. The van der Waals surface area contributed by atoms with Crippen molar-refractivity contribution >= 4 is 5.97 Å². The second-order valence-electron chi connectivity index (χ2n) is 4.54. The Labute approximate surface area is 91.1 Å². The molecule has 1 saturated heterocycles. The third kappa shape index (κ3) is 1.78. The molecule has 1 heterocycles. The van der Waals surface area contributed by atoms with Gasteiger partial charge < -0.3 is 9.47 Å². The molecule has 1 saturated carbocycles. The first kappa shape index (κ1) is 10.9. The molecule has 2 unspecified atom stereocenters. The lowest BCUT2D eigenvalue weighted by molar-refractivity contribution is -0.144. The van der Waals surface area contributed by atoms with Gasteiger partial charge in [-0.2, -0.15) is 0 Å². The van der Waals surface area contributed by atoms with E-state index in [1.807, 2.05) is 6.92 Å². The van der Waals surface area contributed by atoms with Gasteiger partial charge in [0.1, 0.15) is 5.60 Å². The summed E-state index contributed by atoms with van der Waals surface area (Å²) in [5.41, 5.74) is -0.164. The van der Waals surface area contributed by atoms with Gasteiger partial charge >= 0.3 is 5.97 Å². The summed E-state index contributed by atoms with van der Waals surface area (Å²) in [6.07, 6.45) is 5.65. The van der Waals surface area contributed by atoms with E-state index in [4.69, 9.17) is 9.47 Å². The van der Waals surface area contributed by atoms with Crippen molar-refractivity contribution in [1.29, 1.82) is 0 Å². The smallest absolute Gasteiger partial charge is 0.338 e. The zero-order valence-electron chi connectivity index (χ0n) is 9.62. The molecule has 2 fully saturated rings. The molecule has 0 bridgehead atoms. The molecule has 0 aromatic heterocycles. The van der Waals surface area contributed by atoms with Crippen LogP contribution in [0.5, 0.6) is 0 Å². The zero-order valence-corrected chi connectivity index (χ0v) is 9.62. The minimum absolute atomic E-state index is 0.161. The van der Waals surface area contributed by atoms with E-state index in [-0.39, 0.29) is 17.7 Å². The lowest BCUT2D eigenvalue weighted by Gasteiger charge is -2.17. The number of carbonyl (C=O) groups excluding carboxylic acids is 1. The van der Waals surface area contributed by atoms with Crippen LogP contribution in [0.15, 0.2) is 0 Å². The van der Waals surface area contributed by atoms with E-state index in [0.29, 0.717) is 12.5 Å². The van der Waals surface area contributed by atoms with Crippen LogP contribution in [-0.2, 0) is 14.3 Å². The fourth-order valence-electron chi connectivity index (χ4n) is 2.93. The van der Waals surface area contributed by atoms with Crippen LogP contribution in [0.4, 0.5) is 0 Å². The van der Waals surface area contributed by atoms with E-state index < -0.39 is 0 Å². The molecule has 2 aliphatic rings. The number of rotatable bonds is 4. The number of esters is 1. The summed E-state index contributed by atoms with van der Waals surface area (Å²) in [5, 5.41) is 0. The van der Waals surface area contributed by atoms with Gasteiger partial charge in [-0.25, -0.2) is 4.79 Å². The molecule has 2 atom stereocenters. The number of hydrogen-bond acceptors (Lipinski definition) is 3. The number of ether oxygens (including phenoxy) is 2. The van der Waals surface area contributed by atoms with Crippen LogP contribution in [-0.4, -0.2) is 24.3 Å². The van der Waals surface area contributed by atoms with Crippen molar-refractivity contribution in [2.45, 2.75) is 57.7 Å². The monoisotopic (exact) mass is 212 g/mol. The molecule has 1 aliphatic carbocycles. The van der Waals surface area contributed by atoms with E-state index in [1.54, 1.807) is 0 Å². The highest BCUT2D eigenvalue weighted by molar-refractivity contribution is 5.79. The average molecular weight is 212 g/mol. The standard InChI is InChI=1S/C12H20O3/c1-3-12(9-7-5-6-8-9)10(15-12)11(13)14-4-2/h9-10H,3-8H2,1-2H3. The Morgan fingerprint density at radius 3 is 2.60 bits per heavy atom. The highest BCUT2D eigenvalue weighted by Crippen LogP contribution is 2.52. The minimum Gasteiger partial charge on any atom is -0.464 e. The van der Waals surface area contributed by atoms with Crippen molar-refractivity contribution < 1.29 is 14.3 Å². The molecule has 0 aromatic rings. The van der Waals surface area contributed by atoms with E-state index in [1.165, 1.54) is 25.7 Å². The molecule has 0 aromatic carbocycles. The normalized spacial score (nSPS) is 35.5. The van der Waals surface area contributed by atoms with Gasteiger partial charge in [0.25, 0.3) is 0 Å². The van der Waals surface area contributed by atoms with Crippen molar-refractivity contribution in [3.8, 4) is 0 Å². The van der Waals surface area contributed by atoms with E-state index in [0.717, 1.165) is 6.42 Å². The molecule has 0 amide bonds. The minimum atomic E-state index is -0.273. The lowest BCUT2D eigenvalue weighted by atomic mass is 9.85. The number of hydrogen-bond donors (Lipinski definition) is 0. The summed E-state index contributed by atoms with van der Waals surface area (Å²) in [7, 11) is 0. The van der Waals surface area contributed by atoms with Gasteiger partial charge in [0.05, 0.1) is 6.61 Å². The fourth-order valence-corrected chi connectivity index (χ4v) is 2.93. The third-order valence-electron chi connectivity index (χ3n) is 3.82. The van der Waals surface area contributed by atoms with Gasteiger partial charge in [-0.15, -0.1) is 0 Å². The van der Waals surface area contributed by atoms with Gasteiger partial charge in [-0.05, 0) is 32.1 Å². The first-order chi connectivity index (χ1) is 7.24. The maximum absolute atomic E-state index is 11.6.